The van der Waals surface area contributed by atoms with E-state index in [9.17, 15) is 0 Å². The van der Waals surface area contributed by atoms with Gasteiger partial charge in [-0.15, -0.1) is 0 Å². The van der Waals surface area contributed by atoms with Crippen LogP contribution >= 0.6 is 27.5 Å². The highest BCUT2D eigenvalue weighted by Crippen LogP contribution is 2.32. The first-order chi connectivity index (χ1) is 7.66. The fourth-order valence-electron chi connectivity index (χ4n) is 2.06. The molecule has 1 heterocycles. The summed E-state index contributed by atoms with van der Waals surface area (Å²) in [4.78, 5) is 7.97. The van der Waals surface area contributed by atoms with E-state index in [1.54, 1.807) is 0 Å². The van der Waals surface area contributed by atoms with Crippen LogP contribution in [0.4, 0.5) is 0 Å². The number of nitrogens with zero attached hydrogens (tertiary/aromatic N) is 2. The van der Waals surface area contributed by atoms with Crippen molar-refractivity contribution < 1.29 is 4.74 Å². The normalized spacial score (nSPS) is 25.4. The number of rotatable bonds is 2. The molecule has 5 heteroatoms. The van der Waals surface area contributed by atoms with Gasteiger partial charge in [0.2, 0.25) is 5.88 Å². The summed E-state index contributed by atoms with van der Waals surface area (Å²) in [5.74, 6) is 1.29. The second kappa shape index (κ2) is 5.32. The van der Waals surface area contributed by atoms with Crippen molar-refractivity contribution in [3.8, 4) is 5.88 Å². The Morgan fingerprint density at radius 2 is 2.25 bits per heavy atom. The largest absolute Gasteiger partial charge is 0.473 e. The molecule has 2 unspecified atom stereocenters. The molecule has 1 fully saturated rings. The van der Waals surface area contributed by atoms with Gasteiger partial charge in [-0.1, -0.05) is 24.9 Å². The Morgan fingerprint density at radius 3 is 3.00 bits per heavy atom. The lowest BCUT2D eigenvalue weighted by Gasteiger charge is -2.27. The predicted molar refractivity (Wildman–Crippen MR) is 66.8 cm³/mol. The van der Waals surface area contributed by atoms with E-state index in [2.05, 4.69) is 32.8 Å². The maximum absolute atomic E-state index is 5.88. The minimum absolute atomic E-state index is 0.256. The highest BCUT2D eigenvalue weighted by atomic mass is 79.9. The summed E-state index contributed by atoms with van der Waals surface area (Å²) in [6.07, 6.45) is 6.39. The van der Waals surface area contributed by atoms with Gasteiger partial charge in [0.05, 0.1) is 0 Å². The average Bonchev–Trinajstić information content (AvgIpc) is 2.25. The first-order valence-electron chi connectivity index (χ1n) is 5.49. The van der Waals surface area contributed by atoms with Crippen molar-refractivity contribution in [3.05, 3.63) is 16.0 Å². The molecule has 0 N–H and O–H groups in total. The van der Waals surface area contributed by atoms with Crippen LogP contribution in [0.5, 0.6) is 5.88 Å². The summed E-state index contributed by atoms with van der Waals surface area (Å²) in [6, 6.07) is 0. The molecule has 1 saturated carbocycles. The fourth-order valence-corrected chi connectivity index (χ4v) is 2.48. The zero-order chi connectivity index (χ0) is 11.5. The monoisotopic (exact) mass is 304 g/mol. The van der Waals surface area contributed by atoms with Crippen LogP contribution in [0.3, 0.4) is 0 Å². The van der Waals surface area contributed by atoms with Gasteiger partial charge in [-0.2, -0.15) is 0 Å². The fraction of sp³-hybridized carbons (Fsp3) is 0.636. The van der Waals surface area contributed by atoms with Gasteiger partial charge in [0.15, 0.2) is 5.15 Å². The van der Waals surface area contributed by atoms with Crippen LogP contribution in [-0.2, 0) is 0 Å². The molecular weight excluding hydrogens is 291 g/mol. The van der Waals surface area contributed by atoms with Gasteiger partial charge < -0.3 is 4.74 Å². The van der Waals surface area contributed by atoms with Crippen molar-refractivity contribution in [2.45, 2.75) is 38.7 Å². The van der Waals surface area contributed by atoms with Crippen molar-refractivity contribution in [1.82, 2.24) is 9.97 Å². The van der Waals surface area contributed by atoms with Crippen LogP contribution in [0.2, 0.25) is 5.15 Å². The topological polar surface area (TPSA) is 35.0 Å². The van der Waals surface area contributed by atoms with Crippen molar-refractivity contribution in [2.75, 3.05) is 0 Å². The molecule has 0 aliphatic heterocycles. The molecule has 0 aromatic carbocycles. The summed E-state index contributed by atoms with van der Waals surface area (Å²) < 4.78 is 6.50. The predicted octanol–water partition coefficient (Wildman–Crippen LogP) is 3.85. The van der Waals surface area contributed by atoms with Crippen LogP contribution in [0, 0.1) is 5.92 Å². The van der Waals surface area contributed by atoms with Crippen LogP contribution < -0.4 is 4.74 Å². The van der Waals surface area contributed by atoms with Gasteiger partial charge in [-0.25, -0.2) is 9.97 Å². The van der Waals surface area contributed by atoms with E-state index < -0.39 is 0 Å². The van der Waals surface area contributed by atoms with Crippen molar-refractivity contribution in [1.29, 1.82) is 0 Å². The molecular formula is C11H14BrClN2O. The summed E-state index contributed by atoms with van der Waals surface area (Å²) in [5, 5.41) is 0.397. The summed E-state index contributed by atoms with van der Waals surface area (Å²) in [6.45, 7) is 2.26. The van der Waals surface area contributed by atoms with Crippen molar-refractivity contribution in [3.63, 3.8) is 0 Å². The molecule has 16 heavy (non-hydrogen) atoms. The Labute approximate surface area is 109 Å². The molecule has 0 saturated heterocycles. The molecule has 1 aliphatic carbocycles. The molecule has 0 bridgehead atoms. The van der Waals surface area contributed by atoms with E-state index in [1.165, 1.54) is 19.2 Å². The standard InChI is InChI=1S/C11H14BrClN2O/c1-7-3-2-4-8(5-7)16-11-9(12)10(13)14-6-15-11/h6-8H,2-5H2,1H3. The number of halogens is 2. The Bertz CT molecular complexity index is 375. The van der Waals surface area contributed by atoms with Gasteiger partial charge in [-0.3, -0.25) is 0 Å². The smallest absolute Gasteiger partial charge is 0.232 e. The molecule has 2 atom stereocenters. The summed E-state index contributed by atoms with van der Waals surface area (Å²) >= 11 is 9.22. The Balaban J connectivity index is 2.05. The lowest BCUT2D eigenvalue weighted by atomic mass is 9.89. The van der Waals surface area contributed by atoms with E-state index in [0.29, 0.717) is 15.5 Å². The van der Waals surface area contributed by atoms with Gasteiger partial charge in [0.25, 0.3) is 0 Å². The minimum Gasteiger partial charge on any atom is -0.473 e. The van der Waals surface area contributed by atoms with E-state index in [4.69, 9.17) is 16.3 Å². The van der Waals surface area contributed by atoms with E-state index in [-0.39, 0.29) is 6.10 Å². The molecule has 1 aromatic heterocycles. The van der Waals surface area contributed by atoms with Crippen LogP contribution in [0.15, 0.2) is 10.8 Å². The Kier molecular flexibility index (Phi) is 4.03. The third-order valence-electron chi connectivity index (χ3n) is 2.88. The number of hydrogen-bond acceptors (Lipinski definition) is 3. The number of ether oxygens (including phenoxy) is 1. The molecule has 2 rings (SSSR count). The highest BCUT2D eigenvalue weighted by Gasteiger charge is 2.22. The molecule has 1 aliphatic rings. The number of hydrogen-bond donors (Lipinski definition) is 0. The first kappa shape index (κ1) is 12.1. The maximum atomic E-state index is 5.88. The second-order valence-electron chi connectivity index (χ2n) is 4.30. The third kappa shape index (κ3) is 2.86. The minimum atomic E-state index is 0.256. The van der Waals surface area contributed by atoms with E-state index in [1.807, 2.05) is 0 Å². The third-order valence-corrected chi connectivity index (χ3v) is 4.11. The van der Waals surface area contributed by atoms with Crippen LogP contribution in [-0.4, -0.2) is 16.1 Å². The zero-order valence-electron chi connectivity index (χ0n) is 9.12. The van der Waals surface area contributed by atoms with Crippen LogP contribution in [0.1, 0.15) is 32.6 Å². The number of aromatic nitrogens is 2. The average molecular weight is 306 g/mol. The van der Waals surface area contributed by atoms with E-state index >= 15 is 0 Å². The van der Waals surface area contributed by atoms with Gasteiger partial charge >= 0.3 is 0 Å². The van der Waals surface area contributed by atoms with Gasteiger partial charge in [0.1, 0.15) is 16.9 Å². The second-order valence-corrected chi connectivity index (χ2v) is 5.45. The highest BCUT2D eigenvalue weighted by molar-refractivity contribution is 9.10. The molecule has 1 aromatic rings. The molecule has 3 nitrogen and oxygen atoms in total. The van der Waals surface area contributed by atoms with Crippen molar-refractivity contribution in [2.24, 2.45) is 5.92 Å². The maximum Gasteiger partial charge on any atom is 0.232 e. The van der Waals surface area contributed by atoms with Gasteiger partial charge in [-0.05, 0) is 41.1 Å². The van der Waals surface area contributed by atoms with Crippen LogP contribution in [0.25, 0.3) is 0 Å². The lowest BCUT2D eigenvalue weighted by Crippen LogP contribution is -2.24. The van der Waals surface area contributed by atoms with E-state index in [0.717, 1.165) is 18.8 Å². The molecule has 0 radical (unpaired) electrons. The summed E-state index contributed by atoms with van der Waals surface area (Å²) in [5.41, 5.74) is 0. The van der Waals surface area contributed by atoms with Crippen molar-refractivity contribution >= 4 is 27.5 Å². The molecule has 0 amide bonds. The summed E-state index contributed by atoms with van der Waals surface area (Å²) in [7, 11) is 0. The lowest BCUT2D eigenvalue weighted by molar-refractivity contribution is 0.123. The SMILES string of the molecule is CC1CCCC(Oc2ncnc(Cl)c2Br)C1. The van der Waals surface area contributed by atoms with Gasteiger partial charge in [0, 0.05) is 0 Å². The Morgan fingerprint density at radius 1 is 1.44 bits per heavy atom. The quantitative estimate of drug-likeness (QED) is 0.778. The molecule has 0 spiro atoms. The first-order valence-corrected chi connectivity index (χ1v) is 6.66. The molecule has 88 valence electrons. The Hall–Kier alpha value is -0.350. The zero-order valence-corrected chi connectivity index (χ0v) is 11.5.